The molecule has 1 aromatic rings. The number of nitrogens with zero attached hydrogens (tertiary/aromatic N) is 2. The van der Waals surface area contributed by atoms with Crippen LogP contribution in [0.2, 0.25) is 0 Å². The summed E-state index contributed by atoms with van der Waals surface area (Å²) in [5.74, 6) is 0. The average molecular weight is 372 g/mol. The Labute approximate surface area is 149 Å². The molecular weight excluding hydrogens is 343 g/mol. The lowest BCUT2D eigenvalue weighted by atomic mass is 9.84. The van der Waals surface area contributed by atoms with Gasteiger partial charge in [0.05, 0.1) is 10.5 Å². The highest BCUT2D eigenvalue weighted by Gasteiger charge is 2.42. The number of nitro benzene ring substituents is 1. The Kier molecular flexibility index (Phi) is 6.93. The maximum atomic E-state index is 13.0. The van der Waals surface area contributed by atoms with Crippen molar-refractivity contribution in [1.29, 1.82) is 0 Å². The van der Waals surface area contributed by atoms with Gasteiger partial charge in [-0.3, -0.25) is 14.6 Å². The van der Waals surface area contributed by atoms with Gasteiger partial charge in [0.2, 0.25) is 0 Å². The van der Waals surface area contributed by atoms with E-state index in [4.69, 9.17) is 4.52 Å². The minimum Gasteiger partial charge on any atom is -0.312 e. The summed E-state index contributed by atoms with van der Waals surface area (Å²) in [6.45, 7) is 12.7. The monoisotopic (exact) mass is 372 g/mol. The molecular formula is C17H29N2O5P. The van der Waals surface area contributed by atoms with Crippen molar-refractivity contribution in [2.75, 3.05) is 0 Å². The van der Waals surface area contributed by atoms with Gasteiger partial charge in [0.15, 0.2) is 0 Å². The Bertz CT molecular complexity index is 647. The molecule has 0 fully saturated rings. The minimum atomic E-state index is -4.17. The van der Waals surface area contributed by atoms with E-state index in [1.807, 2.05) is 48.5 Å². The number of benzene rings is 1. The SMILES string of the molecule is CC(C)N(C(C)C)P(=O)(O)OC(c1ccccc1[N+](=O)[O-])C(C)(C)C. The molecule has 0 radical (unpaired) electrons. The van der Waals surface area contributed by atoms with Crippen LogP contribution in [0.15, 0.2) is 24.3 Å². The normalized spacial score (nSPS) is 16.3. The summed E-state index contributed by atoms with van der Waals surface area (Å²) < 4.78 is 20.1. The third kappa shape index (κ3) is 5.35. The largest absolute Gasteiger partial charge is 0.406 e. The second-order valence-corrected chi connectivity index (χ2v) is 9.38. The zero-order chi connectivity index (χ0) is 19.6. The maximum Gasteiger partial charge on any atom is 0.406 e. The zero-order valence-corrected chi connectivity index (χ0v) is 16.9. The van der Waals surface area contributed by atoms with Crippen LogP contribution in [0.5, 0.6) is 0 Å². The Balaban J connectivity index is 3.41. The van der Waals surface area contributed by atoms with E-state index in [2.05, 4.69) is 0 Å². The standard InChI is InChI=1S/C17H29N2O5P/c1-12(2)18(13(3)4)25(22,23)24-16(17(5,6)7)14-10-8-9-11-15(14)19(20)21/h8-13,16H,1-7H3,(H,22,23). The van der Waals surface area contributed by atoms with E-state index < -0.39 is 24.2 Å². The molecule has 1 rings (SSSR count). The van der Waals surface area contributed by atoms with E-state index in [9.17, 15) is 19.6 Å². The first-order valence-electron chi connectivity index (χ1n) is 8.32. The highest BCUT2D eigenvalue weighted by molar-refractivity contribution is 7.50. The van der Waals surface area contributed by atoms with Crippen molar-refractivity contribution in [3.63, 3.8) is 0 Å². The van der Waals surface area contributed by atoms with E-state index in [-0.39, 0.29) is 17.8 Å². The van der Waals surface area contributed by atoms with Crippen LogP contribution in [-0.2, 0) is 9.09 Å². The van der Waals surface area contributed by atoms with Crippen LogP contribution in [0.1, 0.15) is 60.1 Å². The lowest BCUT2D eigenvalue weighted by Gasteiger charge is -2.38. The van der Waals surface area contributed by atoms with Crippen LogP contribution in [-0.4, -0.2) is 26.6 Å². The summed E-state index contributed by atoms with van der Waals surface area (Å²) in [5, 5.41) is 11.4. The predicted octanol–water partition coefficient (Wildman–Crippen LogP) is 4.92. The number of rotatable bonds is 7. The van der Waals surface area contributed by atoms with E-state index in [0.717, 1.165) is 0 Å². The Morgan fingerprint density at radius 1 is 1.16 bits per heavy atom. The molecule has 0 aromatic heterocycles. The summed E-state index contributed by atoms with van der Waals surface area (Å²) in [6.07, 6.45) is -0.912. The fourth-order valence-electron chi connectivity index (χ4n) is 2.93. The average Bonchev–Trinajstić information content (AvgIpc) is 2.42. The molecule has 7 nitrogen and oxygen atoms in total. The zero-order valence-electron chi connectivity index (χ0n) is 16.0. The van der Waals surface area contributed by atoms with Crippen molar-refractivity contribution in [3.8, 4) is 0 Å². The van der Waals surface area contributed by atoms with Crippen LogP contribution in [0.3, 0.4) is 0 Å². The van der Waals surface area contributed by atoms with Gasteiger partial charge in [-0.15, -0.1) is 0 Å². The molecule has 0 aliphatic carbocycles. The fraction of sp³-hybridized carbons (Fsp3) is 0.647. The Morgan fingerprint density at radius 3 is 2.04 bits per heavy atom. The van der Waals surface area contributed by atoms with Gasteiger partial charge in [0, 0.05) is 18.2 Å². The molecule has 0 aliphatic heterocycles. The Hall–Kier alpha value is -1.27. The van der Waals surface area contributed by atoms with E-state index in [0.29, 0.717) is 5.56 Å². The van der Waals surface area contributed by atoms with Crippen LogP contribution in [0.4, 0.5) is 5.69 Å². The molecule has 142 valence electrons. The second-order valence-electron chi connectivity index (χ2n) is 7.73. The third-order valence-corrected chi connectivity index (χ3v) is 5.79. The van der Waals surface area contributed by atoms with Gasteiger partial charge in [-0.1, -0.05) is 32.9 Å². The molecule has 1 aromatic carbocycles. The van der Waals surface area contributed by atoms with Gasteiger partial charge < -0.3 is 4.89 Å². The Morgan fingerprint density at radius 2 is 1.64 bits per heavy atom. The molecule has 25 heavy (non-hydrogen) atoms. The molecule has 2 atom stereocenters. The molecule has 0 amide bonds. The van der Waals surface area contributed by atoms with Gasteiger partial charge >= 0.3 is 7.75 Å². The van der Waals surface area contributed by atoms with Gasteiger partial charge in [-0.05, 0) is 39.2 Å². The molecule has 0 saturated heterocycles. The van der Waals surface area contributed by atoms with Gasteiger partial charge in [0.25, 0.3) is 5.69 Å². The summed E-state index contributed by atoms with van der Waals surface area (Å²) >= 11 is 0. The van der Waals surface area contributed by atoms with Crippen LogP contribution in [0.25, 0.3) is 0 Å². The molecule has 0 spiro atoms. The summed E-state index contributed by atoms with van der Waals surface area (Å²) in [5.41, 5.74) is -0.450. The topological polar surface area (TPSA) is 92.9 Å². The highest BCUT2D eigenvalue weighted by atomic mass is 31.2. The van der Waals surface area contributed by atoms with E-state index in [1.165, 1.54) is 10.7 Å². The smallest absolute Gasteiger partial charge is 0.312 e. The molecule has 8 heteroatoms. The molecule has 0 heterocycles. The summed E-state index contributed by atoms with van der Waals surface area (Å²) in [6, 6.07) is 5.74. The first-order valence-corrected chi connectivity index (χ1v) is 9.85. The second kappa shape index (κ2) is 7.96. The number of nitro groups is 1. The van der Waals surface area contributed by atoms with Crippen LogP contribution < -0.4 is 0 Å². The molecule has 1 N–H and O–H groups in total. The molecule has 0 aliphatic rings. The molecule has 0 bridgehead atoms. The highest BCUT2D eigenvalue weighted by Crippen LogP contribution is 2.56. The summed E-state index contributed by atoms with van der Waals surface area (Å²) in [7, 11) is -4.17. The van der Waals surface area contributed by atoms with E-state index >= 15 is 0 Å². The quantitative estimate of drug-likeness (QED) is 0.415. The predicted molar refractivity (Wildman–Crippen MR) is 98.3 cm³/mol. The van der Waals surface area contributed by atoms with Crippen molar-refractivity contribution in [1.82, 2.24) is 4.67 Å². The third-order valence-electron chi connectivity index (χ3n) is 3.80. The lowest BCUT2D eigenvalue weighted by Crippen LogP contribution is -2.36. The summed E-state index contributed by atoms with van der Waals surface area (Å²) in [4.78, 5) is 21.5. The van der Waals surface area contributed by atoms with Crippen molar-refractivity contribution >= 4 is 13.4 Å². The fourth-order valence-corrected chi connectivity index (χ4v) is 4.91. The minimum absolute atomic E-state index is 0.122. The lowest BCUT2D eigenvalue weighted by molar-refractivity contribution is -0.386. The van der Waals surface area contributed by atoms with Gasteiger partial charge in [0.1, 0.15) is 6.10 Å². The van der Waals surface area contributed by atoms with Crippen LogP contribution >= 0.6 is 7.75 Å². The number of para-hydroxylation sites is 1. The number of hydrogen-bond donors (Lipinski definition) is 1. The maximum absolute atomic E-state index is 13.0. The van der Waals surface area contributed by atoms with E-state index in [1.54, 1.807) is 18.2 Å². The van der Waals surface area contributed by atoms with Crippen LogP contribution in [0, 0.1) is 15.5 Å². The first kappa shape index (κ1) is 21.8. The number of hydrogen-bond acceptors (Lipinski definition) is 4. The van der Waals surface area contributed by atoms with Crippen molar-refractivity contribution in [2.24, 2.45) is 5.41 Å². The molecule has 2 unspecified atom stereocenters. The van der Waals surface area contributed by atoms with Crippen molar-refractivity contribution in [3.05, 3.63) is 39.9 Å². The van der Waals surface area contributed by atoms with Gasteiger partial charge in [-0.25, -0.2) is 9.24 Å². The molecule has 0 saturated carbocycles. The van der Waals surface area contributed by atoms with Gasteiger partial charge in [-0.2, -0.15) is 0 Å². The van der Waals surface area contributed by atoms with Crippen molar-refractivity contribution in [2.45, 2.75) is 66.7 Å². The van der Waals surface area contributed by atoms with Crippen molar-refractivity contribution < 1.29 is 18.9 Å². The first-order chi connectivity index (χ1) is 11.3.